The van der Waals surface area contributed by atoms with E-state index in [4.69, 9.17) is 15.9 Å². The van der Waals surface area contributed by atoms with Gasteiger partial charge in [-0.15, -0.1) is 6.42 Å². The molecule has 1 saturated carbocycles. The van der Waals surface area contributed by atoms with E-state index < -0.39 is 0 Å². The summed E-state index contributed by atoms with van der Waals surface area (Å²) in [6, 6.07) is 11.2. The molecule has 5 nitrogen and oxygen atoms in total. The summed E-state index contributed by atoms with van der Waals surface area (Å²) in [6.07, 6.45) is 14.5. The second-order valence-corrected chi connectivity index (χ2v) is 6.97. The molecule has 0 unspecified atom stereocenters. The highest BCUT2D eigenvalue weighted by Gasteiger charge is 2.29. The van der Waals surface area contributed by atoms with E-state index in [2.05, 4.69) is 10.9 Å². The fourth-order valence-electron chi connectivity index (χ4n) is 3.76. The molecule has 28 heavy (non-hydrogen) atoms. The highest BCUT2D eigenvalue weighted by atomic mass is 16.7. The first kappa shape index (κ1) is 18.1. The molecule has 1 fully saturated rings. The predicted molar refractivity (Wildman–Crippen MR) is 108 cm³/mol. The molecule has 5 heteroatoms. The van der Waals surface area contributed by atoms with E-state index in [0.29, 0.717) is 22.9 Å². The Morgan fingerprint density at radius 1 is 1.14 bits per heavy atom. The van der Waals surface area contributed by atoms with Crippen LogP contribution in [0.1, 0.15) is 37.7 Å². The number of pyridine rings is 1. The van der Waals surface area contributed by atoms with Crippen LogP contribution in [0.25, 0.3) is 6.08 Å². The van der Waals surface area contributed by atoms with E-state index in [9.17, 15) is 4.79 Å². The molecule has 1 aliphatic heterocycles. The second kappa shape index (κ2) is 8.18. The van der Waals surface area contributed by atoms with Crippen LogP contribution in [0.3, 0.4) is 0 Å². The lowest BCUT2D eigenvalue weighted by molar-refractivity contribution is -0.115. The standard InChI is InChI=1S/C23H22N2O3/c1-2-18(14-17-11-12-20-21(15-17)28-16-27-20)23(26)25(19-8-4-3-5-9-19)22-10-6-7-13-24-22/h1,6-7,10-15,19H,3-5,8-9,16H2. The number of carbonyl (C=O) groups excluding carboxylic acids is 1. The van der Waals surface area contributed by atoms with Gasteiger partial charge in [0.05, 0.1) is 5.57 Å². The minimum Gasteiger partial charge on any atom is -0.454 e. The first-order valence-corrected chi connectivity index (χ1v) is 9.59. The molecule has 1 aromatic heterocycles. The zero-order valence-electron chi connectivity index (χ0n) is 15.6. The number of carbonyl (C=O) groups is 1. The second-order valence-electron chi connectivity index (χ2n) is 6.97. The van der Waals surface area contributed by atoms with Gasteiger partial charge in [-0.1, -0.05) is 37.3 Å². The molecule has 1 amide bonds. The molecule has 4 rings (SSSR count). The quantitative estimate of drug-likeness (QED) is 0.595. The molecule has 2 aromatic rings. The molecule has 0 N–H and O–H groups in total. The van der Waals surface area contributed by atoms with Crippen LogP contribution >= 0.6 is 0 Å². The fourth-order valence-corrected chi connectivity index (χ4v) is 3.76. The monoisotopic (exact) mass is 374 g/mol. The van der Waals surface area contributed by atoms with Crippen LogP contribution in [0.5, 0.6) is 11.5 Å². The van der Waals surface area contributed by atoms with Gasteiger partial charge in [0.1, 0.15) is 5.82 Å². The van der Waals surface area contributed by atoms with Crippen molar-refractivity contribution in [1.82, 2.24) is 4.98 Å². The van der Waals surface area contributed by atoms with E-state index in [1.165, 1.54) is 6.42 Å². The number of aromatic nitrogens is 1. The smallest absolute Gasteiger partial charge is 0.268 e. The highest BCUT2D eigenvalue weighted by Crippen LogP contribution is 2.33. The van der Waals surface area contributed by atoms with Gasteiger partial charge in [0.15, 0.2) is 11.5 Å². The molecule has 2 aliphatic rings. The topological polar surface area (TPSA) is 51.7 Å². The molecule has 2 heterocycles. The van der Waals surface area contributed by atoms with Crippen LogP contribution in [0.15, 0.2) is 48.2 Å². The number of anilines is 1. The van der Waals surface area contributed by atoms with Gasteiger partial charge in [0.25, 0.3) is 5.91 Å². The number of ether oxygens (including phenoxy) is 2. The van der Waals surface area contributed by atoms with Crippen molar-refractivity contribution in [3.05, 3.63) is 53.7 Å². The number of hydrogen-bond donors (Lipinski definition) is 0. The molecule has 0 bridgehead atoms. The maximum Gasteiger partial charge on any atom is 0.268 e. The summed E-state index contributed by atoms with van der Waals surface area (Å²) in [6.45, 7) is 0.207. The summed E-state index contributed by atoms with van der Waals surface area (Å²) in [5, 5.41) is 0. The summed E-state index contributed by atoms with van der Waals surface area (Å²) in [7, 11) is 0. The number of nitrogens with zero attached hydrogens (tertiary/aromatic N) is 2. The van der Waals surface area contributed by atoms with Gasteiger partial charge in [0.2, 0.25) is 6.79 Å². The van der Waals surface area contributed by atoms with Gasteiger partial charge in [-0.2, -0.15) is 0 Å². The Morgan fingerprint density at radius 2 is 1.96 bits per heavy atom. The minimum absolute atomic E-state index is 0.115. The summed E-state index contributed by atoms with van der Waals surface area (Å²) in [4.78, 5) is 19.6. The zero-order valence-corrected chi connectivity index (χ0v) is 15.6. The normalized spacial score (nSPS) is 16.5. The number of hydrogen-bond acceptors (Lipinski definition) is 4. The highest BCUT2D eigenvalue weighted by molar-refractivity contribution is 6.11. The van der Waals surface area contributed by atoms with Crippen LogP contribution in [0.2, 0.25) is 0 Å². The van der Waals surface area contributed by atoms with Gasteiger partial charge in [-0.3, -0.25) is 9.69 Å². The van der Waals surface area contributed by atoms with Crippen molar-refractivity contribution in [2.45, 2.75) is 38.1 Å². The Morgan fingerprint density at radius 3 is 2.71 bits per heavy atom. The van der Waals surface area contributed by atoms with Crippen LogP contribution in [0.4, 0.5) is 5.82 Å². The molecule has 0 radical (unpaired) electrons. The Bertz CT molecular complexity index is 925. The van der Waals surface area contributed by atoms with Crippen molar-refractivity contribution < 1.29 is 14.3 Å². The Hall–Kier alpha value is -3.26. The predicted octanol–water partition coefficient (Wildman–Crippen LogP) is 4.19. The number of terminal acetylenes is 1. The van der Waals surface area contributed by atoms with Crippen molar-refractivity contribution in [2.24, 2.45) is 0 Å². The van der Waals surface area contributed by atoms with Gasteiger partial charge >= 0.3 is 0 Å². The Labute approximate surface area is 165 Å². The summed E-state index contributed by atoms with van der Waals surface area (Å²) >= 11 is 0. The molecule has 0 saturated heterocycles. The lowest BCUT2D eigenvalue weighted by Gasteiger charge is -2.33. The van der Waals surface area contributed by atoms with E-state index in [1.54, 1.807) is 17.2 Å². The number of fused-ring (bicyclic) bond motifs is 1. The first-order valence-electron chi connectivity index (χ1n) is 9.59. The first-order chi connectivity index (χ1) is 13.8. The summed E-state index contributed by atoms with van der Waals surface area (Å²) in [5.74, 6) is 4.39. The van der Waals surface area contributed by atoms with E-state index in [1.807, 2.05) is 36.4 Å². The van der Waals surface area contributed by atoms with E-state index >= 15 is 0 Å². The average Bonchev–Trinajstić information content (AvgIpc) is 3.21. The van der Waals surface area contributed by atoms with Crippen LogP contribution in [0, 0.1) is 12.3 Å². The van der Waals surface area contributed by atoms with Gasteiger partial charge < -0.3 is 9.47 Å². The van der Waals surface area contributed by atoms with Crippen molar-refractivity contribution in [3.8, 4) is 23.8 Å². The number of benzene rings is 1. The molecule has 142 valence electrons. The van der Waals surface area contributed by atoms with Gasteiger partial charge in [-0.05, 0) is 48.7 Å². The van der Waals surface area contributed by atoms with Crippen LogP contribution in [-0.4, -0.2) is 23.7 Å². The average molecular weight is 374 g/mol. The number of rotatable bonds is 4. The third-order valence-electron chi connectivity index (χ3n) is 5.15. The Balaban J connectivity index is 1.67. The van der Waals surface area contributed by atoms with E-state index in [-0.39, 0.29) is 18.7 Å². The Kier molecular flexibility index (Phi) is 5.29. The van der Waals surface area contributed by atoms with Crippen LogP contribution < -0.4 is 14.4 Å². The summed E-state index contributed by atoms with van der Waals surface area (Å²) in [5.41, 5.74) is 1.10. The van der Waals surface area contributed by atoms with Crippen LogP contribution in [-0.2, 0) is 4.79 Å². The fraction of sp³-hybridized carbons (Fsp3) is 0.304. The molecule has 0 atom stereocenters. The lowest BCUT2D eigenvalue weighted by atomic mass is 9.93. The van der Waals surface area contributed by atoms with Gasteiger partial charge in [-0.25, -0.2) is 4.98 Å². The van der Waals surface area contributed by atoms with Crippen molar-refractivity contribution in [3.63, 3.8) is 0 Å². The molecule has 0 spiro atoms. The summed E-state index contributed by atoms with van der Waals surface area (Å²) < 4.78 is 10.8. The maximum absolute atomic E-state index is 13.4. The van der Waals surface area contributed by atoms with Gasteiger partial charge in [0, 0.05) is 12.2 Å². The third-order valence-corrected chi connectivity index (χ3v) is 5.15. The zero-order chi connectivity index (χ0) is 19.3. The SMILES string of the molecule is C#CC(=Cc1ccc2c(c1)OCO2)C(=O)N(c1ccccn1)C1CCCCC1. The largest absolute Gasteiger partial charge is 0.454 e. The molecule has 1 aliphatic carbocycles. The third kappa shape index (κ3) is 3.72. The molecular formula is C23H22N2O3. The molecule has 1 aromatic carbocycles. The maximum atomic E-state index is 13.4. The van der Waals surface area contributed by atoms with E-state index in [0.717, 1.165) is 31.2 Å². The number of amides is 1. The van der Waals surface area contributed by atoms with Crippen molar-refractivity contribution in [1.29, 1.82) is 0 Å². The lowest BCUT2D eigenvalue weighted by Crippen LogP contribution is -2.42. The minimum atomic E-state index is -0.189. The molecular weight excluding hydrogens is 352 g/mol. The van der Waals surface area contributed by atoms with Crippen molar-refractivity contribution in [2.75, 3.05) is 11.7 Å². The van der Waals surface area contributed by atoms with Crippen molar-refractivity contribution >= 4 is 17.8 Å².